The second-order valence-corrected chi connectivity index (χ2v) is 4.73. The molecule has 3 rings (SSSR count). The standard InChI is InChI=1S/C11H11BrN4O2/c12-7-2-1-3-14-9(7)11-15-10(16-18-11)8-6-17-5-4-13-8/h1-3,8,13H,4-6H2. The van der Waals surface area contributed by atoms with Gasteiger partial charge in [-0.3, -0.25) is 0 Å². The minimum absolute atomic E-state index is 0.0151. The van der Waals surface area contributed by atoms with E-state index in [-0.39, 0.29) is 6.04 Å². The first kappa shape index (κ1) is 11.8. The monoisotopic (exact) mass is 310 g/mol. The van der Waals surface area contributed by atoms with Gasteiger partial charge in [-0.15, -0.1) is 0 Å². The lowest BCUT2D eigenvalue weighted by atomic mass is 10.2. The Morgan fingerprint density at radius 2 is 2.39 bits per heavy atom. The number of hydrogen-bond donors (Lipinski definition) is 1. The summed E-state index contributed by atoms with van der Waals surface area (Å²) in [6.07, 6.45) is 1.69. The summed E-state index contributed by atoms with van der Waals surface area (Å²) in [6.45, 7) is 2.07. The lowest BCUT2D eigenvalue weighted by molar-refractivity contribution is 0.0734. The zero-order chi connectivity index (χ0) is 12.4. The maximum Gasteiger partial charge on any atom is 0.277 e. The zero-order valence-corrected chi connectivity index (χ0v) is 11.1. The van der Waals surface area contributed by atoms with Crippen LogP contribution in [-0.2, 0) is 4.74 Å². The number of nitrogens with one attached hydrogen (secondary N) is 1. The Bertz CT molecular complexity index is 539. The smallest absolute Gasteiger partial charge is 0.277 e. The van der Waals surface area contributed by atoms with E-state index in [4.69, 9.17) is 9.26 Å². The normalized spacial score (nSPS) is 19.9. The summed E-state index contributed by atoms with van der Waals surface area (Å²) in [5, 5.41) is 7.24. The van der Waals surface area contributed by atoms with Crippen LogP contribution < -0.4 is 5.32 Å². The fourth-order valence-corrected chi connectivity index (χ4v) is 2.17. The summed E-state index contributed by atoms with van der Waals surface area (Å²) in [7, 11) is 0. The van der Waals surface area contributed by atoms with Gasteiger partial charge in [-0.2, -0.15) is 4.98 Å². The van der Waals surface area contributed by atoms with Gasteiger partial charge in [0.05, 0.1) is 19.3 Å². The van der Waals surface area contributed by atoms with Gasteiger partial charge in [0.15, 0.2) is 5.82 Å². The molecule has 1 unspecified atom stereocenters. The fourth-order valence-electron chi connectivity index (χ4n) is 1.75. The molecule has 1 aliphatic rings. The molecular formula is C11H11BrN4O2. The van der Waals surface area contributed by atoms with Crippen LogP contribution in [0.4, 0.5) is 0 Å². The molecule has 3 heterocycles. The second-order valence-electron chi connectivity index (χ2n) is 3.87. The van der Waals surface area contributed by atoms with Gasteiger partial charge in [0, 0.05) is 17.2 Å². The van der Waals surface area contributed by atoms with Gasteiger partial charge in [-0.05, 0) is 28.1 Å². The maximum atomic E-state index is 5.37. The van der Waals surface area contributed by atoms with Crippen LogP contribution in [0.2, 0.25) is 0 Å². The Morgan fingerprint density at radius 1 is 1.44 bits per heavy atom. The highest BCUT2D eigenvalue weighted by molar-refractivity contribution is 9.10. The molecule has 0 saturated carbocycles. The number of halogens is 1. The number of morpholine rings is 1. The van der Waals surface area contributed by atoms with Crippen molar-refractivity contribution in [2.75, 3.05) is 19.8 Å². The first-order chi connectivity index (χ1) is 8.84. The molecule has 2 aromatic heterocycles. The molecule has 1 atom stereocenters. The van der Waals surface area contributed by atoms with Crippen molar-refractivity contribution in [1.29, 1.82) is 0 Å². The number of hydrogen-bond acceptors (Lipinski definition) is 6. The van der Waals surface area contributed by atoms with Crippen molar-refractivity contribution in [3.8, 4) is 11.6 Å². The molecule has 0 amide bonds. The molecule has 0 aliphatic carbocycles. The van der Waals surface area contributed by atoms with Crippen LogP contribution in [0.25, 0.3) is 11.6 Å². The van der Waals surface area contributed by atoms with Crippen molar-refractivity contribution < 1.29 is 9.26 Å². The van der Waals surface area contributed by atoms with Gasteiger partial charge in [0.1, 0.15) is 5.69 Å². The number of ether oxygens (including phenoxy) is 1. The quantitative estimate of drug-likeness (QED) is 0.907. The van der Waals surface area contributed by atoms with Crippen LogP contribution in [0.5, 0.6) is 0 Å². The Hall–Kier alpha value is -1.31. The lowest BCUT2D eigenvalue weighted by Crippen LogP contribution is -2.35. The van der Waals surface area contributed by atoms with Gasteiger partial charge in [0.25, 0.3) is 5.89 Å². The van der Waals surface area contributed by atoms with Crippen molar-refractivity contribution in [2.45, 2.75) is 6.04 Å². The van der Waals surface area contributed by atoms with E-state index in [1.807, 2.05) is 12.1 Å². The summed E-state index contributed by atoms with van der Waals surface area (Å²) in [4.78, 5) is 8.56. The number of aromatic nitrogens is 3. The number of pyridine rings is 1. The van der Waals surface area contributed by atoms with Crippen LogP contribution in [0, 0.1) is 0 Å². The number of rotatable bonds is 2. The average Bonchev–Trinajstić information content (AvgIpc) is 2.90. The van der Waals surface area contributed by atoms with E-state index in [2.05, 4.69) is 36.4 Å². The Balaban J connectivity index is 1.87. The maximum absolute atomic E-state index is 5.37. The van der Waals surface area contributed by atoms with Crippen molar-refractivity contribution in [3.63, 3.8) is 0 Å². The number of nitrogens with zero attached hydrogens (tertiary/aromatic N) is 3. The third-order valence-electron chi connectivity index (χ3n) is 2.64. The molecule has 1 fully saturated rings. The highest BCUT2D eigenvalue weighted by Gasteiger charge is 2.22. The van der Waals surface area contributed by atoms with Crippen LogP contribution >= 0.6 is 15.9 Å². The highest BCUT2D eigenvalue weighted by atomic mass is 79.9. The predicted molar refractivity (Wildman–Crippen MR) is 66.8 cm³/mol. The molecule has 0 radical (unpaired) electrons. The Morgan fingerprint density at radius 3 is 3.17 bits per heavy atom. The van der Waals surface area contributed by atoms with Crippen molar-refractivity contribution in [2.24, 2.45) is 0 Å². The minimum atomic E-state index is -0.0151. The molecular weight excluding hydrogens is 300 g/mol. The van der Waals surface area contributed by atoms with Crippen LogP contribution in [-0.4, -0.2) is 34.9 Å². The van der Waals surface area contributed by atoms with E-state index in [0.29, 0.717) is 30.6 Å². The molecule has 1 aliphatic heterocycles. The van der Waals surface area contributed by atoms with Crippen LogP contribution in [0.1, 0.15) is 11.9 Å². The fraction of sp³-hybridized carbons (Fsp3) is 0.364. The second kappa shape index (κ2) is 5.13. The van der Waals surface area contributed by atoms with E-state index in [1.54, 1.807) is 6.20 Å². The largest absolute Gasteiger partial charge is 0.378 e. The summed E-state index contributed by atoms with van der Waals surface area (Å²) in [5.74, 6) is 1.01. The molecule has 7 heteroatoms. The SMILES string of the molecule is Brc1cccnc1-c1nc(C2COCCN2)no1. The first-order valence-corrected chi connectivity index (χ1v) is 6.39. The first-order valence-electron chi connectivity index (χ1n) is 5.60. The van der Waals surface area contributed by atoms with Crippen molar-refractivity contribution in [3.05, 3.63) is 28.6 Å². The topological polar surface area (TPSA) is 73.1 Å². The summed E-state index contributed by atoms with van der Waals surface area (Å²) in [5.41, 5.74) is 0.646. The Labute approximate surface area is 112 Å². The average molecular weight is 311 g/mol. The molecule has 0 bridgehead atoms. The van der Waals surface area contributed by atoms with E-state index in [0.717, 1.165) is 11.0 Å². The summed E-state index contributed by atoms with van der Waals surface area (Å²) < 4.78 is 11.4. The molecule has 1 N–H and O–H groups in total. The van der Waals surface area contributed by atoms with Crippen LogP contribution in [0.15, 0.2) is 27.3 Å². The third-order valence-corrected chi connectivity index (χ3v) is 3.28. The molecule has 94 valence electrons. The van der Waals surface area contributed by atoms with E-state index >= 15 is 0 Å². The molecule has 18 heavy (non-hydrogen) atoms. The van der Waals surface area contributed by atoms with Gasteiger partial charge in [-0.1, -0.05) is 5.16 Å². The molecule has 0 spiro atoms. The molecule has 1 saturated heterocycles. The zero-order valence-electron chi connectivity index (χ0n) is 9.47. The van der Waals surface area contributed by atoms with E-state index in [9.17, 15) is 0 Å². The van der Waals surface area contributed by atoms with Gasteiger partial charge in [-0.25, -0.2) is 4.98 Å². The molecule has 2 aromatic rings. The van der Waals surface area contributed by atoms with Gasteiger partial charge in [0.2, 0.25) is 0 Å². The van der Waals surface area contributed by atoms with E-state index in [1.165, 1.54) is 0 Å². The van der Waals surface area contributed by atoms with Crippen molar-refractivity contribution in [1.82, 2.24) is 20.4 Å². The lowest BCUT2D eigenvalue weighted by Gasteiger charge is -2.20. The van der Waals surface area contributed by atoms with Gasteiger partial charge < -0.3 is 14.6 Å². The highest BCUT2D eigenvalue weighted by Crippen LogP contribution is 2.25. The minimum Gasteiger partial charge on any atom is -0.378 e. The third kappa shape index (κ3) is 2.29. The van der Waals surface area contributed by atoms with Gasteiger partial charge >= 0.3 is 0 Å². The van der Waals surface area contributed by atoms with Crippen LogP contribution in [0.3, 0.4) is 0 Å². The Kier molecular flexibility index (Phi) is 3.35. The predicted octanol–water partition coefficient (Wildman–Crippen LogP) is 1.55. The summed E-state index contributed by atoms with van der Waals surface area (Å²) in [6, 6.07) is 3.70. The molecule has 6 nitrogen and oxygen atoms in total. The van der Waals surface area contributed by atoms with E-state index < -0.39 is 0 Å². The summed E-state index contributed by atoms with van der Waals surface area (Å²) >= 11 is 3.41. The van der Waals surface area contributed by atoms with Crippen molar-refractivity contribution >= 4 is 15.9 Å². The molecule has 0 aromatic carbocycles.